The Kier molecular flexibility index (Phi) is 4.24. The molecule has 1 heterocycles. The Balaban J connectivity index is 2.73. The molecule has 0 saturated heterocycles. The normalized spacial score (nSPS) is 14.4. The molecule has 7 nitrogen and oxygen atoms in total. The van der Waals surface area contributed by atoms with E-state index in [-0.39, 0.29) is 5.89 Å². The molecule has 0 fully saturated rings. The summed E-state index contributed by atoms with van der Waals surface area (Å²) in [6, 6.07) is -0.650. The summed E-state index contributed by atoms with van der Waals surface area (Å²) in [6.45, 7) is 3.61. The number of nitrogens with one attached hydrogen (secondary N) is 1. The van der Waals surface area contributed by atoms with Crippen LogP contribution in [0.15, 0.2) is 4.52 Å². The molecular formula is C9H15N3O4. The Hall–Kier alpha value is -1.63. The zero-order valence-corrected chi connectivity index (χ0v) is 9.17. The molecule has 7 heteroatoms. The van der Waals surface area contributed by atoms with Crippen molar-refractivity contribution in [3.8, 4) is 0 Å². The van der Waals surface area contributed by atoms with E-state index in [1.807, 2.05) is 6.92 Å². The van der Waals surface area contributed by atoms with Crippen molar-refractivity contribution in [3.05, 3.63) is 11.7 Å². The molecule has 1 unspecified atom stereocenters. The fourth-order valence-electron chi connectivity index (χ4n) is 1.27. The zero-order valence-electron chi connectivity index (χ0n) is 9.17. The smallest absolute Gasteiger partial charge is 0.404 e. The predicted octanol–water partition coefficient (Wildman–Crippen LogP) is 0.712. The SMILES string of the molecule is CCc1noc(C(O)[C@H](CC)NC(=O)O)n1. The third kappa shape index (κ3) is 2.93. The monoisotopic (exact) mass is 229 g/mol. The van der Waals surface area contributed by atoms with Crippen LogP contribution < -0.4 is 5.32 Å². The van der Waals surface area contributed by atoms with Crippen LogP contribution in [-0.2, 0) is 6.42 Å². The fourth-order valence-corrected chi connectivity index (χ4v) is 1.27. The molecule has 0 aliphatic carbocycles. The van der Waals surface area contributed by atoms with E-state index in [4.69, 9.17) is 9.63 Å². The summed E-state index contributed by atoms with van der Waals surface area (Å²) < 4.78 is 4.84. The summed E-state index contributed by atoms with van der Waals surface area (Å²) in [5.41, 5.74) is 0. The van der Waals surface area contributed by atoms with Crippen LogP contribution in [0.4, 0.5) is 4.79 Å². The predicted molar refractivity (Wildman–Crippen MR) is 53.9 cm³/mol. The number of hydrogen-bond donors (Lipinski definition) is 3. The Morgan fingerprint density at radius 1 is 1.56 bits per heavy atom. The van der Waals surface area contributed by atoms with Crippen LogP contribution in [0.5, 0.6) is 0 Å². The standard InChI is InChI=1S/C9H15N3O4/c1-3-5(10-9(14)15)7(13)8-11-6(4-2)12-16-8/h5,7,10,13H,3-4H2,1-2H3,(H,14,15)/t5-,7?/m0/s1. The summed E-state index contributed by atoms with van der Waals surface area (Å²) in [5, 5.41) is 24.2. The van der Waals surface area contributed by atoms with Crippen molar-refractivity contribution in [1.82, 2.24) is 15.5 Å². The first-order valence-corrected chi connectivity index (χ1v) is 5.08. The lowest BCUT2D eigenvalue weighted by molar-refractivity contribution is 0.0880. The maximum atomic E-state index is 10.5. The van der Waals surface area contributed by atoms with Gasteiger partial charge in [0, 0.05) is 6.42 Å². The molecule has 1 aromatic rings. The highest BCUT2D eigenvalue weighted by Gasteiger charge is 2.26. The van der Waals surface area contributed by atoms with Crippen LogP contribution in [0, 0.1) is 0 Å². The molecule has 90 valence electrons. The van der Waals surface area contributed by atoms with Crippen molar-refractivity contribution in [2.24, 2.45) is 0 Å². The first-order chi connectivity index (χ1) is 7.58. The molecule has 0 aliphatic heterocycles. The Labute approximate surface area is 92.5 Å². The first-order valence-electron chi connectivity index (χ1n) is 5.08. The van der Waals surface area contributed by atoms with E-state index < -0.39 is 18.2 Å². The van der Waals surface area contributed by atoms with Crippen LogP contribution in [-0.4, -0.2) is 32.5 Å². The number of aromatic nitrogens is 2. The topological polar surface area (TPSA) is 108 Å². The van der Waals surface area contributed by atoms with E-state index in [2.05, 4.69) is 15.5 Å². The minimum absolute atomic E-state index is 0.0393. The number of carboxylic acid groups (broad SMARTS) is 1. The number of aliphatic hydroxyl groups excluding tert-OH is 1. The van der Waals surface area contributed by atoms with Gasteiger partial charge < -0.3 is 20.1 Å². The van der Waals surface area contributed by atoms with Crippen LogP contribution >= 0.6 is 0 Å². The molecule has 0 bridgehead atoms. The number of aliphatic hydroxyl groups is 1. The second-order valence-corrected chi connectivity index (χ2v) is 3.31. The maximum absolute atomic E-state index is 10.5. The van der Waals surface area contributed by atoms with Crippen molar-refractivity contribution in [3.63, 3.8) is 0 Å². The second-order valence-electron chi connectivity index (χ2n) is 3.31. The van der Waals surface area contributed by atoms with E-state index in [9.17, 15) is 9.90 Å². The fraction of sp³-hybridized carbons (Fsp3) is 0.667. The van der Waals surface area contributed by atoms with Gasteiger partial charge in [0.15, 0.2) is 11.9 Å². The third-order valence-electron chi connectivity index (χ3n) is 2.18. The van der Waals surface area contributed by atoms with E-state index in [1.165, 1.54) is 0 Å². The highest BCUT2D eigenvalue weighted by atomic mass is 16.5. The molecular weight excluding hydrogens is 214 g/mol. The molecule has 1 amide bonds. The van der Waals surface area contributed by atoms with Gasteiger partial charge in [-0.05, 0) is 6.42 Å². The Bertz CT molecular complexity index is 352. The minimum Gasteiger partial charge on any atom is -0.465 e. The third-order valence-corrected chi connectivity index (χ3v) is 2.18. The van der Waals surface area contributed by atoms with Gasteiger partial charge >= 0.3 is 6.09 Å². The van der Waals surface area contributed by atoms with Crippen LogP contribution in [0.2, 0.25) is 0 Å². The largest absolute Gasteiger partial charge is 0.465 e. The van der Waals surface area contributed by atoms with Gasteiger partial charge in [-0.3, -0.25) is 0 Å². The number of aryl methyl sites for hydroxylation is 1. The van der Waals surface area contributed by atoms with E-state index in [0.717, 1.165) is 0 Å². The lowest BCUT2D eigenvalue weighted by Crippen LogP contribution is -2.38. The van der Waals surface area contributed by atoms with Gasteiger partial charge in [-0.15, -0.1) is 0 Å². The molecule has 0 aromatic carbocycles. The molecule has 2 atom stereocenters. The molecule has 0 aliphatic rings. The number of rotatable bonds is 5. The van der Waals surface area contributed by atoms with Crippen molar-refractivity contribution in [1.29, 1.82) is 0 Å². The summed E-state index contributed by atoms with van der Waals surface area (Å²) in [7, 11) is 0. The highest BCUT2D eigenvalue weighted by Crippen LogP contribution is 2.17. The molecule has 3 N–H and O–H groups in total. The second kappa shape index (κ2) is 5.45. The van der Waals surface area contributed by atoms with Crippen molar-refractivity contribution in [2.45, 2.75) is 38.8 Å². The summed E-state index contributed by atoms with van der Waals surface area (Å²) >= 11 is 0. The van der Waals surface area contributed by atoms with Gasteiger partial charge in [0.25, 0.3) is 5.89 Å². The van der Waals surface area contributed by atoms with Gasteiger partial charge in [-0.1, -0.05) is 19.0 Å². The number of hydrogen-bond acceptors (Lipinski definition) is 5. The number of amides is 1. The Morgan fingerprint density at radius 3 is 2.69 bits per heavy atom. The number of carbonyl (C=O) groups is 1. The molecule has 0 saturated carbocycles. The van der Waals surface area contributed by atoms with Gasteiger partial charge in [0.1, 0.15) is 0 Å². The van der Waals surface area contributed by atoms with Gasteiger partial charge in [-0.25, -0.2) is 4.79 Å². The summed E-state index contributed by atoms with van der Waals surface area (Å²) in [6.07, 6.45) is -1.29. The van der Waals surface area contributed by atoms with Crippen molar-refractivity contribution in [2.75, 3.05) is 0 Å². The van der Waals surface area contributed by atoms with Gasteiger partial charge in [-0.2, -0.15) is 4.98 Å². The van der Waals surface area contributed by atoms with Crippen LogP contribution in [0.3, 0.4) is 0 Å². The molecule has 0 radical (unpaired) electrons. The van der Waals surface area contributed by atoms with Crippen LogP contribution in [0.25, 0.3) is 0 Å². The average Bonchev–Trinajstić information content (AvgIpc) is 2.73. The molecule has 1 aromatic heterocycles. The minimum atomic E-state index is -1.19. The van der Waals surface area contributed by atoms with E-state index >= 15 is 0 Å². The molecule has 1 rings (SSSR count). The quantitative estimate of drug-likeness (QED) is 0.686. The van der Waals surface area contributed by atoms with Crippen molar-refractivity contribution < 1.29 is 19.5 Å². The maximum Gasteiger partial charge on any atom is 0.404 e. The average molecular weight is 229 g/mol. The zero-order chi connectivity index (χ0) is 12.1. The number of nitrogens with zero attached hydrogens (tertiary/aromatic N) is 2. The van der Waals surface area contributed by atoms with Gasteiger partial charge in [0.05, 0.1) is 6.04 Å². The lowest BCUT2D eigenvalue weighted by atomic mass is 10.1. The van der Waals surface area contributed by atoms with E-state index in [1.54, 1.807) is 6.92 Å². The summed E-state index contributed by atoms with van der Waals surface area (Å²) in [4.78, 5) is 14.4. The lowest BCUT2D eigenvalue weighted by Gasteiger charge is -2.17. The molecule has 0 spiro atoms. The van der Waals surface area contributed by atoms with Crippen LogP contribution in [0.1, 0.15) is 38.1 Å². The molecule has 16 heavy (non-hydrogen) atoms. The van der Waals surface area contributed by atoms with E-state index in [0.29, 0.717) is 18.7 Å². The Morgan fingerprint density at radius 2 is 2.25 bits per heavy atom. The highest BCUT2D eigenvalue weighted by molar-refractivity contribution is 5.64. The van der Waals surface area contributed by atoms with Crippen molar-refractivity contribution >= 4 is 6.09 Å². The summed E-state index contributed by atoms with van der Waals surface area (Å²) in [5.74, 6) is 0.525. The van der Waals surface area contributed by atoms with Gasteiger partial charge in [0.2, 0.25) is 0 Å². The first kappa shape index (κ1) is 12.4.